The van der Waals surface area contributed by atoms with E-state index < -0.39 is 54.0 Å². The number of nitrogens with one attached hydrogen (secondary N) is 5. The molecule has 3 aliphatic rings. The molecule has 3 aliphatic heterocycles. The fraction of sp³-hybridized carbons (Fsp3) is 0.324. The second-order valence-electron chi connectivity index (χ2n) is 12.4. The number of nitrogens with zero attached hydrogens (tertiary/aromatic N) is 3. The quantitative estimate of drug-likeness (QED) is 0.177. The molecule has 0 saturated carbocycles. The summed E-state index contributed by atoms with van der Waals surface area (Å²) in [5.41, 5.74) is 0.158. The van der Waals surface area contributed by atoms with Gasteiger partial charge in [0.05, 0.1) is 38.6 Å². The highest BCUT2D eigenvalue weighted by molar-refractivity contribution is 6.40. The van der Waals surface area contributed by atoms with E-state index >= 15 is 0 Å². The van der Waals surface area contributed by atoms with E-state index in [0.29, 0.717) is 25.9 Å². The Morgan fingerprint density at radius 3 is 2.36 bits per heavy atom. The number of carbonyl (C=O) groups excluding carboxylic acids is 8. The van der Waals surface area contributed by atoms with Crippen molar-refractivity contribution in [2.24, 2.45) is 0 Å². The molecule has 53 heavy (non-hydrogen) atoms. The Labute approximate surface area is 311 Å². The lowest BCUT2D eigenvalue weighted by molar-refractivity contribution is -0.136. The predicted molar refractivity (Wildman–Crippen MR) is 186 cm³/mol. The van der Waals surface area contributed by atoms with Crippen LogP contribution < -0.4 is 26.0 Å². The zero-order valence-electron chi connectivity index (χ0n) is 27.8. The minimum absolute atomic E-state index is 0.0000503. The number of anilines is 1. The van der Waals surface area contributed by atoms with Gasteiger partial charge in [-0.05, 0) is 43.5 Å². The van der Waals surface area contributed by atoms with Gasteiger partial charge in [0.1, 0.15) is 17.5 Å². The van der Waals surface area contributed by atoms with Crippen molar-refractivity contribution in [3.05, 3.63) is 75.0 Å². The molecule has 2 fully saturated rings. The third-order valence-electron chi connectivity index (χ3n) is 8.94. The third kappa shape index (κ3) is 8.00. The van der Waals surface area contributed by atoms with Crippen molar-refractivity contribution < 1.29 is 43.1 Å². The number of aromatic amines is 1. The zero-order valence-corrected chi connectivity index (χ0v) is 29.3. The first-order valence-electron chi connectivity index (χ1n) is 16.5. The van der Waals surface area contributed by atoms with Crippen molar-refractivity contribution in [3.8, 4) is 5.75 Å². The second-order valence-corrected chi connectivity index (χ2v) is 13.2. The smallest absolute Gasteiger partial charge is 0.271 e. The number of hydrogen-bond acceptors (Lipinski definition) is 10. The number of likely N-dealkylation sites (tertiary alicyclic amines) is 1. The fourth-order valence-corrected chi connectivity index (χ4v) is 6.82. The van der Waals surface area contributed by atoms with Gasteiger partial charge in [-0.2, -0.15) is 5.10 Å². The molecule has 1 unspecified atom stereocenters. The Morgan fingerprint density at radius 2 is 1.64 bits per heavy atom. The van der Waals surface area contributed by atoms with Gasteiger partial charge in [-0.1, -0.05) is 35.3 Å². The molecule has 1 atom stereocenters. The number of rotatable bonds is 11. The van der Waals surface area contributed by atoms with E-state index in [1.807, 2.05) is 0 Å². The van der Waals surface area contributed by atoms with Crippen molar-refractivity contribution >= 4 is 76.1 Å². The highest BCUT2D eigenvalue weighted by Gasteiger charge is 2.46. The number of ether oxygens (including phenoxy) is 1. The highest BCUT2D eigenvalue weighted by Crippen LogP contribution is 2.33. The summed E-state index contributed by atoms with van der Waals surface area (Å²) in [6.07, 6.45) is 2.20. The van der Waals surface area contributed by atoms with Gasteiger partial charge in [0, 0.05) is 38.5 Å². The van der Waals surface area contributed by atoms with E-state index in [-0.39, 0.29) is 81.6 Å². The summed E-state index contributed by atoms with van der Waals surface area (Å²) >= 11 is 12.2. The highest BCUT2D eigenvalue weighted by atomic mass is 35.5. The molecule has 19 heteroatoms. The van der Waals surface area contributed by atoms with Crippen LogP contribution in [0, 0.1) is 0 Å². The molecular weight excluding hydrogens is 735 g/mol. The first-order valence-corrected chi connectivity index (χ1v) is 17.3. The summed E-state index contributed by atoms with van der Waals surface area (Å²) in [5.74, 6) is -4.60. The molecular formula is C34H32Cl2N8O9. The van der Waals surface area contributed by atoms with E-state index in [0.717, 1.165) is 4.90 Å². The lowest BCUT2D eigenvalue weighted by Crippen LogP contribution is -2.54. The van der Waals surface area contributed by atoms with Crippen molar-refractivity contribution in [3.63, 3.8) is 0 Å². The van der Waals surface area contributed by atoms with Gasteiger partial charge in [0.15, 0.2) is 6.61 Å². The molecule has 1 aromatic heterocycles. The van der Waals surface area contributed by atoms with Gasteiger partial charge in [0.2, 0.25) is 17.7 Å². The number of benzene rings is 2. The number of amides is 8. The molecule has 8 amide bonds. The first kappa shape index (κ1) is 37.0. The summed E-state index contributed by atoms with van der Waals surface area (Å²) in [7, 11) is 0. The molecule has 0 radical (unpaired) electrons. The van der Waals surface area contributed by atoms with Crippen LogP contribution in [0.2, 0.25) is 10.0 Å². The molecule has 17 nitrogen and oxygen atoms in total. The monoisotopic (exact) mass is 766 g/mol. The minimum Gasteiger partial charge on any atom is -0.483 e. The SMILES string of the molecule is O=C(COc1cccc2c1C(=O)N(C1CCC(=O)NC1=O)C2=O)NCCC(=O)N1CCC(NC(=O)c2[nH]ncc2NC(=O)c2c(Cl)cccc2Cl)CC1. The van der Waals surface area contributed by atoms with Crippen LogP contribution in [0.25, 0.3) is 0 Å². The van der Waals surface area contributed by atoms with Gasteiger partial charge in [-0.3, -0.25) is 53.7 Å². The average Bonchev–Trinajstić information content (AvgIpc) is 3.69. The second kappa shape index (κ2) is 15.8. The van der Waals surface area contributed by atoms with Crippen LogP contribution in [0.3, 0.4) is 0 Å². The summed E-state index contributed by atoms with van der Waals surface area (Å²) in [6, 6.07) is 7.55. The Morgan fingerprint density at radius 1 is 0.925 bits per heavy atom. The van der Waals surface area contributed by atoms with Gasteiger partial charge in [-0.15, -0.1) is 0 Å². The summed E-state index contributed by atoms with van der Waals surface area (Å²) in [5, 5.41) is 17.0. The number of fused-ring (bicyclic) bond motifs is 1. The summed E-state index contributed by atoms with van der Waals surface area (Å²) in [6.45, 7) is 0.227. The normalized spacial score (nSPS) is 17.3. The van der Waals surface area contributed by atoms with Crippen LogP contribution in [0.15, 0.2) is 42.6 Å². The standard InChI is InChI=1S/C34H32Cl2N8O9/c35-19-4-2-5-20(36)28(19)31(49)40-21-15-38-42-29(21)32(50)39-17-10-13-43(14-11-17)26(47)9-12-37-25(46)16-53-23-6-1-3-18-27(23)34(52)44(33(18)51)22-7-8-24(45)41-30(22)48/h1-6,15,17,22H,7-14,16H2,(H,37,46)(H,38,42)(H,39,50)(H,40,49)(H,41,45,48). The largest absolute Gasteiger partial charge is 0.483 e. The average molecular weight is 768 g/mol. The van der Waals surface area contributed by atoms with Crippen LogP contribution in [0.4, 0.5) is 5.69 Å². The van der Waals surface area contributed by atoms with Crippen LogP contribution in [0.1, 0.15) is 73.7 Å². The topological polar surface area (TPSA) is 229 Å². The molecule has 0 aliphatic carbocycles. The molecule has 3 aromatic rings. The maximum atomic E-state index is 13.2. The number of piperidine rings is 2. The van der Waals surface area contributed by atoms with E-state index in [1.165, 1.54) is 36.5 Å². The molecule has 5 N–H and O–H groups in total. The van der Waals surface area contributed by atoms with E-state index in [2.05, 4.69) is 31.5 Å². The number of aromatic nitrogens is 2. The molecule has 4 heterocycles. The Balaban J connectivity index is 0.924. The Bertz CT molecular complexity index is 2010. The number of halogens is 2. The van der Waals surface area contributed by atoms with Crippen molar-refractivity contribution in [1.29, 1.82) is 0 Å². The molecule has 2 aromatic carbocycles. The van der Waals surface area contributed by atoms with Gasteiger partial charge >= 0.3 is 0 Å². The number of hydrogen-bond donors (Lipinski definition) is 5. The van der Waals surface area contributed by atoms with Crippen LogP contribution in [-0.4, -0.2) is 106 Å². The van der Waals surface area contributed by atoms with Gasteiger partial charge < -0.3 is 25.6 Å². The van der Waals surface area contributed by atoms with E-state index in [1.54, 1.807) is 11.0 Å². The van der Waals surface area contributed by atoms with Gasteiger partial charge in [0.25, 0.3) is 29.5 Å². The first-order chi connectivity index (χ1) is 25.4. The van der Waals surface area contributed by atoms with Crippen LogP contribution in [-0.2, 0) is 19.2 Å². The lowest BCUT2D eigenvalue weighted by Gasteiger charge is -2.32. The van der Waals surface area contributed by atoms with Crippen molar-refractivity contribution in [2.45, 2.75) is 44.2 Å². The maximum absolute atomic E-state index is 13.2. The minimum atomic E-state index is -1.14. The molecule has 0 bridgehead atoms. The maximum Gasteiger partial charge on any atom is 0.271 e. The molecule has 276 valence electrons. The predicted octanol–water partition coefficient (Wildman–Crippen LogP) is 1.68. The van der Waals surface area contributed by atoms with Gasteiger partial charge in [-0.25, -0.2) is 0 Å². The van der Waals surface area contributed by atoms with Crippen molar-refractivity contribution in [2.75, 3.05) is 31.6 Å². The summed E-state index contributed by atoms with van der Waals surface area (Å²) in [4.78, 5) is 104. The molecule has 6 rings (SSSR count). The van der Waals surface area contributed by atoms with E-state index in [9.17, 15) is 38.4 Å². The number of H-pyrrole nitrogens is 1. The van der Waals surface area contributed by atoms with E-state index in [4.69, 9.17) is 27.9 Å². The fourth-order valence-electron chi connectivity index (χ4n) is 6.25. The molecule has 0 spiro atoms. The Hall–Kier alpha value is -5.81. The number of carbonyl (C=O) groups is 8. The molecule has 2 saturated heterocycles. The van der Waals surface area contributed by atoms with Crippen molar-refractivity contribution in [1.82, 2.24) is 35.9 Å². The summed E-state index contributed by atoms with van der Waals surface area (Å²) < 4.78 is 5.58. The number of imide groups is 2. The van der Waals surface area contributed by atoms with Crippen LogP contribution in [0.5, 0.6) is 5.75 Å². The zero-order chi connectivity index (χ0) is 37.8. The third-order valence-corrected chi connectivity index (χ3v) is 9.57. The lowest BCUT2D eigenvalue weighted by atomic mass is 10.0. The van der Waals surface area contributed by atoms with Crippen LogP contribution >= 0.6 is 23.2 Å². The Kier molecular flexibility index (Phi) is 11.0.